The maximum Gasteiger partial charge on any atom is 0.180 e. The van der Waals surface area contributed by atoms with Crippen LogP contribution in [0.25, 0.3) is 5.65 Å². The lowest BCUT2D eigenvalue weighted by Crippen LogP contribution is -2.32. The van der Waals surface area contributed by atoms with Crippen LogP contribution in [0.5, 0.6) is 0 Å². The van der Waals surface area contributed by atoms with Crippen molar-refractivity contribution in [1.82, 2.24) is 14.4 Å². The number of aliphatic hydroxyl groups is 1. The fourth-order valence-electron chi connectivity index (χ4n) is 2.02. The van der Waals surface area contributed by atoms with E-state index in [9.17, 15) is 0 Å². The molecule has 0 aliphatic rings. The molecule has 0 fully saturated rings. The smallest absolute Gasteiger partial charge is 0.180 e. The SMILES string of the molecule is CCCNc1cn2ccnc2c(NC(C)(C)CCO)n1. The van der Waals surface area contributed by atoms with Gasteiger partial charge in [0.15, 0.2) is 11.5 Å². The fourth-order valence-corrected chi connectivity index (χ4v) is 2.02. The molecule has 6 nitrogen and oxygen atoms in total. The first-order chi connectivity index (χ1) is 9.55. The van der Waals surface area contributed by atoms with Crippen molar-refractivity contribution >= 4 is 17.3 Å². The lowest BCUT2D eigenvalue weighted by atomic mass is 10.0. The van der Waals surface area contributed by atoms with E-state index in [4.69, 9.17) is 5.11 Å². The quantitative estimate of drug-likeness (QED) is 0.723. The minimum absolute atomic E-state index is 0.137. The van der Waals surface area contributed by atoms with E-state index in [0.29, 0.717) is 6.42 Å². The van der Waals surface area contributed by atoms with Crippen LogP contribution in [0.2, 0.25) is 0 Å². The number of imidazole rings is 1. The van der Waals surface area contributed by atoms with Crippen molar-refractivity contribution in [2.45, 2.75) is 39.2 Å². The van der Waals surface area contributed by atoms with Gasteiger partial charge in [-0.15, -0.1) is 0 Å². The highest BCUT2D eigenvalue weighted by atomic mass is 16.3. The largest absolute Gasteiger partial charge is 0.396 e. The van der Waals surface area contributed by atoms with E-state index in [1.165, 1.54) is 0 Å². The summed E-state index contributed by atoms with van der Waals surface area (Å²) in [5.74, 6) is 1.55. The van der Waals surface area contributed by atoms with Crippen molar-refractivity contribution in [3.05, 3.63) is 18.6 Å². The number of anilines is 2. The molecule has 2 aromatic heterocycles. The molecule has 0 bridgehead atoms. The Hall–Kier alpha value is -1.82. The van der Waals surface area contributed by atoms with Gasteiger partial charge in [-0.05, 0) is 26.7 Å². The van der Waals surface area contributed by atoms with Gasteiger partial charge in [0.2, 0.25) is 0 Å². The summed E-state index contributed by atoms with van der Waals surface area (Å²) in [6, 6.07) is 0. The van der Waals surface area contributed by atoms with Gasteiger partial charge < -0.3 is 20.1 Å². The van der Waals surface area contributed by atoms with Gasteiger partial charge in [-0.1, -0.05) is 6.92 Å². The molecular weight excluding hydrogens is 254 g/mol. The van der Waals surface area contributed by atoms with Crippen molar-refractivity contribution in [3.63, 3.8) is 0 Å². The number of rotatable bonds is 7. The Morgan fingerprint density at radius 2 is 2.20 bits per heavy atom. The summed E-state index contributed by atoms with van der Waals surface area (Å²) in [5.41, 5.74) is 0.551. The van der Waals surface area contributed by atoms with Crippen molar-refractivity contribution in [3.8, 4) is 0 Å². The van der Waals surface area contributed by atoms with E-state index < -0.39 is 0 Å². The van der Waals surface area contributed by atoms with Crippen LogP contribution < -0.4 is 10.6 Å². The van der Waals surface area contributed by atoms with Crippen LogP contribution in [-0.4, -0.2) is 38.2 Å². The van der Waals surface area contributed by atoms with E-state index in [0.717, 1.165) is 30.2 Å². The van der Waals surface area contributed by atoms with E-state index in [-0.39, 0.29) is 12.1 Å². The third kappa shape index (κ3) is 3.39. The van der Waals surface area contributed by atoms with Crippen molar-refractivity contribution in [2.24, 2.45) is 0 Å². The highest BCUT2D eigenvalue weighted by Gasteiger charge is 2.19. The molecule has 0 radical (unpaired) electrons. The molecule has 0 saturated heterocycles. The number of hydrogen-bond donors (Lipinski definition) is 3. The predicted octanol–water partition coefficient (Wildman–Crippen LogP) is 2.12. The second kappa shape index (κ2) is 6.09. The fraction of sp³-hybridized carbons (Fsp3) is 0.571. The number of fused-ring (bicyclic) bond motifs is 1. The third-order valence-electron chi connectivity index (χ3n) is 3.12. The van der Waals surface area contributed by atoms with Gasteiger partial charge in [-0.2, -0.15) is 0 Å². The molecule has 20 heavy (non-hydrogen) atoms. The molecule has 0 aliphatic carbocycles. The van der Waals surface area contributed by atoms with Crippen LogP contribution in [0.15, 0.2) is 18.6 Å². The molecule has 2 aromatic rings. The van der Waals surface area contributed by atoms with Gasteiger partial charge in [0, 0.05) is 31.1 Å². The molecule has 6 heteroatoms. The lowest BCUT2D eigenvalue weighted by molar-refractivity contribution is 0.260. The third-order valence-corrected chi connectivity index (χ3v) is 3.12. The summed E-state index contributed by atoms with van der Waals surface area (Å²) >= 11 is 0. The first-order valence-corrected chi connectivity index (χ1v) is 7.02. The van der Waals surface area contributed by atoms with Crippen molar-refractivity contribution < 1.29 is 5.11 Å². The number of nitrogens with zero attached hydrogens (tertiary/aromatic N) is 3. The molecule has 0 saturated carbocycles. The lowest BCUT2D eigenvalue weighted by Gasteiger charge is -2.26. The molecule has 0 unspecified atom stereocenters. The van der Waals surface area contributed by atoms with Gasteiger partial charge in [-0.3, -0.25) is 0 Å². The van der Waals surface area contributed by atoms with E-state index in [2.05, 4.69) is 27.5 Å². The zero-order valence-electron chi connectivity index (χ0n) is 12.3. The predicted molar refractivity (Wildman–Crippen MR) is 81.2 cm³/mol. The molecule has 0 aromatic carbocycles. The van der Waals surface area contributed by atoms with Crippen LogP contribution in [-0.2, 0) is 0 Å². The number of nitrogens with one attached hydrogen (secondary N) is 2. The normalized spacial score (nSPS) is 11.8. The van der Waals surface area contributed by atoms with Gasteiger partial charge >= 0.3 is 0 Å². The van der Waals surface area contributed by atoms with Crippen LogP contribution >= 0.6 is 0 Å². The Balaban J connectivity index is 2.32. The maximum atomic E-state index is 9.13. The highest BCUT2D eigenvalue weighted by Crippen LogP contribution is 2.22. The molecule has 3 N–H and O–H groups in total. The van der Waals surface area contributed by atoms with E-state index in [1.54, 1.807) is 6.20 Å². The first-order valence-electron chi connectivity index (χ1n) is 7.02. The molecule has 110 valence electrons. The van der Waals surface area contributed by atoms with E-state index >= 15 is 0 Å². The molecule has 2 heterocycles. The summed E-state index contributed by atoms with van der Waals surface area (Å²) in [5, 5.41) is 15.8. The molecular formula is C14H23N5O. The molecule has 0 atom stereocenters. The maximum absolute atomic E-state index is 9.13. The zero-order chi connectivity index (χ0) is 14.6. The van der Waals surface area contributed by atoms with Gasteiger partial charge in [0.25, 0.3) is 0 Å². The Bertz CT molecular complexity index is 564. The molecule has 0 amide bonds. The first kappa shape index (κ1) is 14.6. The topological polar surface area (TPSA) is 74.5 Å². The summed E-state index contributed by atoms with van der Waals surface area (Å²) in [7, 11) is 0. The Morgan fingerprint density at radius 1 is 1.40 bits per heavy atom. The highest BCUT2D eigenvalue weighted by molar-refractivity contribution is 5.66. The Morgan fingerprint density at radius 3 is 2.90 bits per heavy atom. The summed E-state index contributed by atoms with van der Waals surface area (Å²) in [4.78, 5) is 8.92. The van der Waals surface area contributed by atoms with E-state index in [1.807, 2.05) is 30.6 Å². The second-order valence-corrected chi connectivity index (χ2v) is 5.54. The summed E-state index contributed by atoms with van der Waals surface area (Å²) in [6.07, 6.45) is 7.28. The number of aliphatic hydroxyl groups excluding tert-OH is 1. The Kier molecular flexibility index (Phi) is 4.44. The molecule has 2 rings (SSSR count). The van der Waals surface area contributed by atoms with Crippen LogP contribution in [0, 0.1) is 0 Å². The minimum Gasteiger partial charge on any atom is -0.396 e. The van der Waals surface area contributed by atoms with Gasteiger partial charge in [0.1, 0.15) is 5.82 Å². The zero-order valence-corrected chi connectivity index (χ0v) is 12.3. The molecule has 0 spiro atoms. The minimum atomic E-state index is -0.239. The van der Waals surface area contributed by atoms with Gasteiger partial charge in [0.05, 0.1) is 6.20 Å². The Labute approximate surface area is 119 Å². The van der Waals surface area contributed by atoms with Gasteiger partial charge in [-0.25, -0.2) is 9.97 Å². The number of hydrogen-bond acceptors (Lipinski definition) is 5. The van der Waals surface area contributed by atoms with Crippen LogP contribution in [0.1, 0.15) is 33.6 Å². The molecule has 0 aliphatic heterocycles. The summed E-state index contributed by atoms with van der Waals surface area (Å²) < 4.78 is 1.95. The van der Waals surface area contributed by atoms with Crippen LogP contribution in [0.3, 0.4) is 0 Å². The monoisotopic (exact) mass is 277 g/mol. The second-order valence-electron chi connectivity index (χ2n) is 5.54. The average Bonchev–Trinajstić information content (AvgIpc) is 2.84. The number of aromatic nitrogens is 3. The summed E-state index contributed by atoms with van der Waals surface area (Å²) in [6.45, 7) is 7.21. The van der Waals surface area contributed by atoms with Crippen molar-refractivity contribution in [2.75, 3.05) is 23.8 Å². The van der Waals surface area contributed by atoms with Crippen LogP contribution in [0.4, 0.5) is 11.6 Å². The van der Waals surface area contributed by atoms with Crippen molar-refractivity contribution in [1.29, 1.82) is 0 Å². The standard InChI is InChI=1S/C14H23N5O/c1-4-6-15-11-10-19-8-7-16-13(19)12(17-11)18-14(2,3)5-9-20/h7-8,10,15,20H,4-6,9H2,1-3H3,(H,17,18). The average molecular weight is 277 g/mol.